The van der Waals surface area contributed by atoms with Crippen LogP contribution in [0.3, 0.4) is 0 Å². The third-order valence-corrected chi connectivity index (χ3v) is 4.06. The summed E-state index contributed by atoms with van der Waals surface area (Å²) in [4.78, 5) is 14.0. The predicted octanol–water partition coefficient (Wildman–Crippen LogP) is 0.444. The number of hydrogen-bond acceptors (Lipinski definition) is 3. The Labute approximate surface area is 104 Å². The van der Waals surface area contributed by atoms with Crippen LogP contribution in [0.4, 0.5) is 0 Å². The highest BCUT2D eigenvalue weighted by Gasteiger charge is 2.45. The van der Waals surface area contributed by atoms with Crippen molar-refractivity contribution in [3.63, 3.8) is 0 Å². The first-order valence-electron chi connectivity index (χ1n) is 6.78. The molecule has 4 heteroatoms. The van der Waals surface area contributed by atoms with E-state index in [9.17, 15) is 4.79 Å². The minimum Gasteiger partial charge on any atom is -0.355 e. The lowest BCUT2D eigenvalue weighted by molar-refractivity contribution is -0.122. The summed E-state index contributed by atoms with van der Waals surface area (Å²) in [6.45, 7) is 10.1. The van der Waals surface area contributed by atoms with Crippen molar-refractivity contribution in [2.24, 2.45) is 11.3 Å². The van der Waals surface area contributed by atoms with Gasteiger partial charge < -0.3 is 10.6 Å². The maximum absolute atomic E-state index is 11.8. The van der Waals surface area contributed by atoms with Crippen LogP contribution < -0.4 is 10.6 Å². The van der Waals surface area contributed by atoms with E-state index in [0.29, 0.717) is 17.9 Å². The largest absolute Gasteiger partial charge is 0.355 e. The van der Waals surface area contributed by atoms with E-state index in [1.54, 1.807) is 0 Å². The Morgan fingerprint density at radius 2 is 2.18 bits per heavy atom. The monoisotopic (exact) mass is 239 g/mol. The molecule has 0 radical (unpaired) electrons. The molecule has 2 rings (SSSR count). The van der Waals surface area contributed by atoms with Crippen molar-refractivity contribution in [3.05, 3.63) is 0 Å². The van der Waals surface area contributed by atoms with Crippen molar-refractivity contribution >= 4 is 5.91 Å². The number of rotatable bonds is 4. The van der Waals surface area contributed by atoms with Gasteiger partial charge in [0.1, 0.15) is 0 Å². The molecule has 0 bridgehead atoms. The average molecular weight is 239 g/mol. The minimum atomic E-state index is 0.189. The smallest absolute Gasteiger partial charge is 0.234 e. The number of nitrogens with one attached hydrogen (secondary N) is 2. The van der Waals surface area contributed by atoms with E-state index in [4.69, 9.17) is 0 Å². The molecule has 0 aromatic rings. The lowest BCUT2D eigenvalue weighted by Crippen LogP contribution is -2.39. The van der Waals surface area contributed by atoms with E-state index in [-0.39, 0.29) is 5.91 Å². The van der Waals surface area contributed by atoms with Gasteiger partial charge in [0.25, 0.3) is 0 Å². The maximum atomic E-state index is 11.8. The Bertz CT molecular complexity index is 270. The van der Waals surface area contributed by atoms with Gasteiger partial charge in [0.05, 0.1) is 6.54 Å². The Balaban J connectivity index is 1.63. The molecule has 2 N–H and O–H groups in total. The van der Waals surface area contributed by atoms with Gasteiger partial charge in [0.2, 0.25) is 5.91 Å². The van der Waals surface area contributed by atoms with Gasteiger partial charge >= 0.3 is 0 Å². The molecule has 1 unspecified atom stereocenters. The molecule has 0 aromatic carbocycles. The molecule has 1 atom stereocenters. The van der Waals surface area contributed by atoms with Crippen LogP contribution >= 0.6 is 0 Å². The van der Waals surface area contributed by atoms with Crippen LogP contribution in [-0.4, -0.2) is 50.1 Å². The van der Waals surface area contributed by atoms with Crippen molar-refractivity contribution < 1.29 is 4.79 Å². The Kier molecular flexibility index (Phi) is 4.05. The van der Waals surface area contributed by atoms with Gasteiger partial charge in [-0.15, -0.1) is 0 Å². The SMILES string of the molecule is CC1(C)CC1CNC(=O)CN1CCCNCC1. The highest BCUT2D eigenvalue weighted by molar-refractivity contribution is 5.78. The normalized spacial score (nSPS) is 28.5. The molecule has 17 heavy (non-hydrogen) atoms. The molecule has 1 amide bonds. The summed E-state index contributed by atoms with van der Waals surface area (Å²) in [6, 6.07) is 0. The fourth-order valence-electron chi connectivity index (χ4n) is 2.48. The van der Waals surface area contributed by atoms with Crippen molar-refractivity contribution in [3.8, 4) is 0 Å². The van der Waals surface area contributed by atoms with Gasteiger partial charge in [-0.1, -0.05) is 13.8 Å². The average Bonchev–Trinajstić information content (AvgIpc) is 2.94. The van der Waals surface area contributed by atoms with Gasteiger partial charge in [-0.05, 0) is 37.3 Å². The van der Waals surface area contributed by atoms with E-state index in [2.05, 4.69) is 29.4 Å². The van der Waals surface area contributed by atoms with Gasteiger partial charge in [0.15, 0.2) is 0 Å². The molecule has 1 saturated heterocycles. The molecule has 1 aliphatic heterocycles. The van der Waals surface area contributed by atoms with E-state index in [0.717, 1.165) is 39.1 Å². The summed E-state index contributed by atoms with van der Waals surface area (Å²) < 4.78 is 0. The summed E-state index contributed by atoms with van der Waals surface area (Å²) in [7, 11) is 0. The fourth-order valence-corrected chi connectivity index (χ4v) is 2.48. The topological polar surface area (TPSA) is 44.4 Å². The number of carbonyl (C=O) groups excluding carboxylic acids is 1. The van der Waals surface area contributed by atoms with Crippen molar-refractivity contribution in [1.29, 1.82) is 0 Å². The Hall–Kier alpha value is -0.610. The molecule has 0 spiro atoms. The first-order valence-corrected chi connectivity index (χ1v) is 6.78. The summed E-state index contributed by atoms with van der Waals surface area (Å²) in [5.41, 5.74) is 0.458. The summed E-state index contributed by atoms with van der Waals surface area (Å²) in [5, 5.41) is 6.41. The molecule has 98 valence electrons. The van der Waals surface area contributed by atoms with Crippen LogP contribution in [0.15, 0.2) is 0 Å². The molecule has 2 fully saturated rings. The van der Waals surface area contributed by atoms with Crippen molar-refractivity contribution in [1.82, 2.24) is 15.5 Å². The highest BCUT2D eigenvalue weighted by atomic mass is 16.2. The van der Waals surface area contributed by atoms with Crippen LogP contribution in [0.1, 0.15) is 26.7 Å². The van der Waals surface area contributed by atoms with Crippen LogP contribution in [0.25, 0.3) is 0 Å². The molecule has 2 aliphatic rings. The fraction of sp³-hybridized carbons (Fsp3) is 0.923. The molecule has 1 saturated carbocycles. The predicted molar refractivity (Wildman–Crippen MR) is 68.8 cm³/mol. The van der Waals surface area contributed by atoms with E-state index < -0.39 is 0 Å². The number of amides is 1. The van der Waals surface area contributed by atoms with E-state index >= 15 is 0 Å². The maximum Gasteiger partial charge on any atom is 0.234 e. The van der Waals surface area contributed by atoms with Crippen molar-refractivity contribution in [2.45, 2.75) is 26.7 Å². The van der Waals surface area contributed by atoms with Crippen LogP contribution in [0, 0.1) is 11.3 Å². The van der Waals surface area contributed by atoms with Crippen LogP contribution in [0.2, 0.25) is 0 Å². The molecule has 1 aliphatic carbocycles. The Morgan fingerprint density at radius 3 is 2.88 bits per heavy atom. The molecule has 4 nitrogen and oxygen atoms in total. The Morgan fingerprint density at radius 1 is 1.41 bits per heavy atom. The van der Waals surface area contributed by atoms with Gasteiger partial charge in [-0.2, -0.15) is 0 Å². The number of hydrogen-bond donors (Lipinski definition) is 2. The minimum absolute atomic E-state index is 0.189. The van der Waals surface area contributed by atoms with Gasteiger partial charge in [-0.3, -0.25) is 9.69 Å². The van der Waals surface area contributed by atoms with E-state index in [1.807, 2.05) is 0 Å². The zero-order valence-corrected chi connectivity index (χ0v) is 11.1. The standard InChI is InChI=1S/C13H25N3O/c1-13(2)8-11(13)9-15-12(17)10-16-6-3-4-14-5-7-16/h11,14H,3-10H2,1-2H3,(H,15,17). The zero-order chi connectivity index (χ0) is 12.3. The first-order chi connectivity index (χ1) is 8.08. The lowest BCUT2D eigenvalue weighted by atomic mass is 10.1. The number of nitrogens with zero attached hydrogens (tertiary/aromatic N) is 1. The molecular weight excluding hydrogens is 214 g/mol. The van der Waals surface area contributed by atoms with E-state index in [1.165, 1.54) is 6.42 Å². The van der Waals surface area contributed by atoms with Crippen LogP contribution in [0.5, 0.6) is 0 Å². The third-order valence-electron chi connectivity index (χ3n) is 4.06. The van der Waals surface area contributed by atoms with Crippen LogP contribution in [-0.2, 0) is 4.79 Å². The van der Waals surface area contributed by atoms with Gasteiger partial charge in [0, 0.05) is 19.6 Å². The molecule has 1 heterocycles. The molecule has 0 aromatic heterocycles. The van der Waals surface area contributed by atoms with Crippen molar-refractivity contribution in [2.75, 3.05) is 39.3 Å². The summed E-state index contributed by atoms with van der Waals surface area (Å²) in [6.07, 6.45) is 2.39. The van der Waals surface area contributed by atoms with Gasteiger partial charge in [-0.25, -0.2) is 0 Å². The zero-order valence-electron chi connectivity index (χ0n) is 11.1. The quantitative estimate of drug-likeness (QED) is 0.748. The summed E-state index contributed by atoms with van der Waals surface area (Å²) in [5.74, 6) is 0.881. The lowest BCUT2D eigenvalue weighted by Gasteiger charge is -2.18. The number of carbonyl (C=O) groups is 1. The summed E-state index contributed by atoms with van der Waals surface area (Å²) >= 11 is 0. The second-order valence-corrected chi connectivity index (χ2v) is 6.07. The second kappa shape index (κ2) is 5.36. The highest BCUT2D eigenvalue weighted by Crippen LogP contribution is 2.50. The molecular formula is C13H25N3O. The third kappa shape index (κ3) is 3.96. The first kappa shape index (κ1) is 12.8. The second-order valence-electron chi connectivity index (χ2n) is 6.07.